The first-order valence-electron chi connectivity index (χ1n) is 8.01. The van der Waals surface area contributed by atoms with Crippen LogP contribution in [0.4, 0.5) is 0 Å². The van der Waals surface area contributed by atoms with Crippen LogP contribution in [0.3, 0.4) is 0 Å². The van der Waals surface area contributed by atoms with Gasteiger partial charge in [0, 0.05) is 18.7 Å². The highest BCUT2D eigenvalue weighted by atomic mass is 16.5. The normalized spacial score (nSPS) is 10.3. The molecule has 122 valence electrons. The molecule has 2 rings (SSSR count). The number of hydrogen-bond donors (Lipinski definition) is 2. The van der Waals surface area contributed by atoms with Gasteiger partial charge in [-0.05, 0) is 24.6 Å². The number of hydrogen-bond acceptors (Lipinski definition) is 3. The predicted molar refractivity (Wildman–Crippen MR) is 92.2 cm³/mol. The van der Waals surface area contributed by atoms with E-state index in [9.17, 15) is 4.79 Å². The third kappa shape index (κ3) is 6.12. The Morgan fingerprint density at radius 3 is 2.52 bits per heavy atom. The van der Waals surface area contributed by atoms with Gasteiger partial charge >= 0.3 is 0 Å². The summed E-state index contributed by atoms with van der Waals surface area (Å²) in [6.45, 7) is 4.38. The van der Waals surface area contributed by atoms with Crippen molar-refractivity contribution in [3.8, 4) is 5.75 Å². The van der Waals surface area contributed by atoms with Gasteiger partial charge in [-0.1, -0.05) is 55.5 Å². The fourth-order valence-corrected chi connectivity index (χ4v) is 2.18. The van der Waals surface area contributed by atoms with Crippen molar-refractivity contribution in [2.75, 3.05) is 13.2 Å². The standard InChI is InChI=1S/C19H24N2O2/c1-2-12-20-14-17-10-6-7-11-18(17)23-15-19(22)21-13-16-8-4-3-5-9-16/h3-11,20H,2,12-15H2,1H3,(H,21,22). The number of amides is 1. The molecule has 23 heavy (non-hydrogen) atoms. The van der Waals surface area contributed by atoms with Crippen LogP contribution in [0.1, 0.15) is 24.5 Å². The average molecular weight is 312 g/mol. The summed E-state index contributed by atoms with van der Waals surface area (Å²) in [6, 6.07) is 17.6. The Morgan fingerprint density at radius 1 is 1.00 bits per heavy atom. The molecule has 0 saturated carbocycles. The van der Waals surface area contributed by atoms with Crippen molar-refractivity contribution < 1.29 is 9.53 Å². The average Bonchev–Trinajstić information content (AvgIpc) is 2.60. The van der Waals surface area contributed by atoms with Gasteiger partial charge in [0.25, 0.3) is 5.91 Å². The van der Waals surface area contributed by atoms with Gasteiger partial charge in [0.05, 0.1) is 0 Å². The Morgan fingerprint density at radius 2 is 1.74 bits per heavy atom. The van der Waals surface area contributed by atoms with Gasteiger partial charge in [0.15, 0.2) is 6.61 Å². The number of benzene rings is 2. The molecule has 0 aromatic heterocycles. The van der Waals surface area contributed by atoms with Crippen LogP contribution in [0.15, 0.2) is 54.6 Å². The molecule has 0 aliphatic rings. The summed E-state index contributed by atoms with van der Waals surface area (Å²) >= 11 is 0. The maximum absolute atomic E-state index is 11.9. The first-order valence-corrected chi connectivity index (χ1v) is 8.01. The van der Waals surface area contributed by atoms with Crippen LogP contribution < -0.4 is 15.4 Å². The molecule has 0 bridgehead atoms. The van der Waals surface area contributed by atoms with Gasteiger partial charge in [-0.15, -0.1) is 0 Å². The third-order valence-electron chi connectivity index (χ3n) is 3.41. The van der Waals surface area contributed by atoms with Crippen LogP contribution >= 0.6 is 0 Å². The highest BCUT2D eigenvalue weighted by Crippen LogP contribution is 2.17. The number of ether oxygens (including phenoxy) is 1. The Kier molecular flexibility index (Phi) is 7.14. The van der Waals surface area contributed by atoms with Crippen LogP contribution in [-0.2, 0) is 17.9 Å². The van der Waals surface area contributed by atoms with Crippen molar-refractivity contribution in [3.05, 3.63) is 65.7 Å². The smallest absolute Gasteiger partial charge is 0.258 e. The summed E-state index contributed by atoms with van der Waals surface area (Å²) < 4.78 is 5.67. The first kappa shape index (κ1) is 17.0. The lowest BCUT2D eigenvalue weighted by atomic mass is 10.2. The molecule has 2 N–H and O–H groups in total. The van der Waals surface area contributed by atoms with Crippen LogP contribution in [0.2, 0.25) is 0 Å². The summed E-state index contributed by atoms with van der Waals surface area (Å²) in [7, 11) is 0. The highest BCUT2D eigenvalue weighted by Gasteiger charge is 2.06. The zero-order chi connectivity index (χ0) is 16.3. The minimum absolute atomic E-state index is 0.0254. The SMILES string of the molecule is CCCNCc1ccccc1OCC(=O)NCc1ccccc1. The number of nitrogens with one attached hydrogen (secondary N) is 2. The fourth-order valence-electron chi connectivity index (χ4n) is 2.18. The topological polar surface area (TPSA) is 50.4 Å². The first-order chi connectivity index (χ1) is 11.3. The third-order valence-corrected chi connectivity index (χ3v) is 3.41. The summed E-state index contributed by atoms with van der Waals surface area (Å²) in [5.41, 5.74) is 2.14. The quantitative estimate of drug-likeness (QED) is 0.700. The van der Waals surface area contributed by atoms with E-state index in [1.807, 2.05) is 54.6 Å². The van der Waals surface area contributed by atoms with E-state index in [1.54, 1.807) is 0 Å². The van der Waals surface area contributed by atoms with Gasteiger partial charge in [0.2, 0.25) is 0 Å². The molecule has 0 saturated heterocycles. The second kappa shape index (κ2) is 9.64. The second-order valence-electron chi connectivity index (χ2n) is 5.34. The summed E-state index contributed by atoms with van der Waals surface area (Å²) in [6.07, 6.45) is 1.09. The van der Waals surface area contributed by atoms with E-state index < -0.39 is 0 Å². The lowest BCUT2D eigenvalue weighted by Gasteiger charge is -2.12. The summed E-state index contributed by atoms with van der Waals surface area (Å²) in [5.74, 6) is 0.635. The van der Waals surface area contributed by atoms with Crippen molar-refractivity contribution in [1.29, 1.82) is 0 Å². The predicted octanol–water partition coefficient (Wildman–Crippen LogP) is 2.88. The van der Waals surface area contributed by atoms with Crippen molar-refractivity contribution >= 4 is 5.91 Å². The molecule has 2 aromatic carbocycles. The van der Waals surface area contributed by atoms with E-state index in [0.29, 0.717) is 6.54 Å². The van der Waals surface area contributed by atoms with Crippen molar-refractivity contribution in [2.24, 2.45) is 0 Å². The Bertz CT molecular complexity index is 599. The zero-order valence-electron chi connectivity index (χ0n) is 13.5. The maximum atomic E-state index is 11.9. The van der Waals surface area contributed by atoms with E-state index in [-0.39, 0.29) is 12.5 Å². The molecule has 0 spiro atoms. The lowest BCUT2D eigenvalue weighted by molar-refractivity contribution is -0.123. The molecule has 0 fully saturated rings. The Balaban J connectivity index is 1.79. The van der Waals surface area contributed by atoms with Crippen molar-refractivity contribution in [2.45, 2.75) is 26.4 Å². The summed E-state index contributed by atoms with van der Waals surface area (Å²) in [5, 5.41) is 6.21. The molecule has 0 aliphatic heterocycles. The molecule has 2 aromatic rings. The Hall–Kier alpha value is -2.33. The largest absolute Gasteiger partial charge is 0.483 e. The van der Waals surface area contributed by atoms with E-state index in [1.165, 1.54) is 0 Å². The molecule has 0 aliphatic carbocycles. The molecular weight excluding hydrogens is 288 g/mol. The van der Waals surface area contributed by atoms with Gasteiger partial charge in [-0.3, -0.25) is 4.79 Å². The van der Waals surface area contributed by atoms with Gasteiger partial charge in [-0.25, -0.2) is 0 Å². The molecular formula is C19H24N2O2. The summed E-state index contributed by atoms with van der Waals surface area (Å²) in [4.78, 5) is 11.9. The number of rotatable bonds is 9. The minimum Gasteiger partial charge on any atom is -0.483 e. The molecule has 0 radical (unpaired) electrons. The van der Waals surface area contributed by atoms with Crippen molar-refractivity contribution in [1.82, 2.24) is 10.6 Å². The molecule has 0 heterocycles. The second-order valence-corrected chi connectivity index (χ2v) is 5.34. The van der Waals surface area contributed by atoms with Gasteiger partial charge in [-0.2, -0.15) is 0 Å². The number of carbonyl (C=O) groups excluding carboxylic acids is 1. The van der Waals surface area contributed by atoms with Gasteiger partial charge < -0.3 is 15.4 Å². The molecule has 0 unspecified atom stereocenters. The molecule has 1 amide bonds. The van der Waals surface area contributed by atoms with E-state index in [4.69, 9.17) is 4.74 Å². The highest BCUT2D eigenvalue weighted by molar-refractivity contribution is 5.77. The Labute approximate surface area is 137 Å². The van der Waals surface area contributed by atoms with E-state index in [0.717, 1.165) is 36.4 Å². The van der Waals surface area contributed by atoms with Crippen LogP contribution in [-0.4, -0.2) is 19.1 Å². The number of para-hydroxylation sites is 1. The van der Waals surface area contributed by atoms with Crippen LogP contribution in [0.5, 0.6) is 5.75 Å². The monoisotopic (exact) mass is 312 g/mol. The minimum atomic E-state index is -0.120. The van der Waals surface area contributed by atoms with E-state index >= 15 is 0 Å². The molecule has 0 atom stereocenters. The van der Waals surface area contributed by atoms with Crippen molar-refractivity contribution in [3.63, 3.8) is 0 Å². The number of carbonyl (C=O) groups is 1. The fraction of sp³-hybridized carbons (Fsp3) is 0.316. The lowest BCUT2D eigenvalue weighted by Crippen LogP contribution is -2.28. The van der Waals surface area contributed by atoms with Gasteiger partial charge in [0.1, 0.15) is 5.75 Å². The molecule has 4 heteroatoms. The van der Waals surface area contributed by atoms with Crippen LogP contribution in [0.25, 0.3) is 0 Å². The van der Waals surface area contributed by atoms with E-state index in [2.05, 4.69) is 17.6 Å². The molecule has 4 nitrogen and oxygen atoms in total. The van der Waals surface area contributed by atoms with Crippen LogP contribution in [0, 0.1) is 0 Å². The zero-order valence-corrected chi connectivity index (χ0v) is 13.5. The maximum Gasteiger partial charge on any atom is 0.258 e.